The minimum atomic E-state index is -0.110. The first kappa shape index (κ1) is 5.32. The summed E-state index contributed by atoms with van der Waals surface area (Å²) in [6.45, 7) is -0.110. The van der Waals surface area contributed by atoms with Gasteiger partial charge < -0.3 is 0 Å². The lowest BCUT2D eigenvalue weighted by Gasteiger charge is -1.87. The smallest absolute Gasteiger partial charge is 0.107 e. The second-order valence-corrected chi connectivity index (χ2v) is 1.63. The molecule has 0 heterocycles. The molecule has 1 nitrogen and oxygen atoms in total. The zero-order valence-electron chi connectivity index (χ0n) is 4.50. The molecule has 0 N–H and O–H groups in total. The zero-order valence-corrected chi connectivity index (χ0v) is 4.50. The lowest BCUT2D eigenvalue weighted by Crippen LogP contribution is -1.75. The number of rotatable bonds is 1. The SMILES string of the molecule is [O][14CH2]c1ccccc1. The normalized spacial score (nSPS) is 9.12. The lowest BCUT2D eigenvalue weighted by atomic mass is 10.3. The monoisotopic (exact) mass is 109 g/mol. The van der Waals surface area contributed by atoms with Crippen molar-refractivity contribution in [1.29, 1.82) is 0 Å². The second-order valence-electron chi connectivity index (χ2n) is 1.63. The van der Waals surface area contributed by atoms with Crippen LogP contribution in [-0.2, 0) is 11.7 Å². The first-order valence-electron chi connectivity index (χ1n) is 2.55. The van der Waals surface area contributed by atoms with E-state index in [4.69, 9.17) is 0 Å². The Bertz CT molecular complexity index is 146. The van der Waals surface area contributed by atoms with Gasteiger partial charge in [-0.3, -0.25) is 0 Å². The van der Waals surface area contributed by atoms with E-state index in [2.05, 4.69) is 0 Å². The molecule has 0 aliphatic carbocycles. The minimum absolute atomic E-state index is 0.110. The summed E-state index contributed by atoms with van der Waals surface area (Å²) in [6.07, 6.45) is 0. The predicted molar refractivity (Wildman–Crippen MR) is 30.8 cm³/mol. The Kier molecular flexibility index (Phi) is 1.65. The van der Waals surface area contributed by atoms with Gasteiger partial charge in [0.1, 0.15) is 6.61 Å². The van der Waals surface area contributed by atoms with Crippen LogP contribution >= 0.6 is 0 Å². The summed E-state index contributed by atoms with van der Waals surface area (Å²) in [6, 6.07) is 9.29. The number of hydrogen-bond donors (Lipinski definition) is 0. The summed E-state index contributed by atoms with van der Waals surface area (Å²) in [5, 5.41) is 10.1. The molecule has 0 aromatic heterocycles. The van der Waals surface area contributed by atoms with Crippen molar-refractivity contribution in [2.45, 2.75) is 6.61 Å². The molecule has 1 aromatic carbocycles. The van der Waals surface area contributed by atoms with Gasteiger partial charge >= 0.3 is 0 Å². The number of benzene rings is 1. The summed E-state index contributed by atoms with van der Waals surface area (Å²) in [5.41, 5.74) is 0.854. The van der Waals surface area contributed by atoms with E-state index in [1.54, 1.807) is 0 Å². The van der Waals surface area contributed by atoms with E-state index < -0.39 is 0 Å². The Hall–Kier alpha value is -0.820. The number of hydrogen-bond acceptors (Lipinski definition) is 0. The average molecular weight is 109 g/mol. The third kappa shape index (κ3) is 1.07. The summed E-state index contributed by atoms with van der Waals surface area (Å²) in [5.74, 6) is 0. The molecule has 0 bridgehead atoms. The molecule has 8 heavy (non-hydrogen) atoms. The van der Waals surface area contributed by atoms with Crippen molar-refractivity contribution in [3.8, 4) is 0 Å². The van der Waals surface area contributed by atoms with Crippen molar-refractivity contribution in [3.05, 3.63) is 35.9 Å². The minimum Gasteiger partial charge on any atom is -0.232 e. The van der Waals surface area contributed by atoms with Crippen LogP contribution in [0.2, 0.25) is 0 Å². The highest BCUT2D eigenvalue weighted by Gasteiger charge is 1.82. The molecule has 1 aromatic rings. The molecule has 0 amide bonds. The van der Waals surface area contributed by atoms with E-state index >= 15 is 0 Å². The van der Waals surface area contributed by atoms with Gasteiger partial charge in [-0.05, 0) is 5.56 Å². The van der Waals surface area contributed by atoms with Gasteiger partial charge in [0.15, 0.2) is 0 Å². The maximum atomic E-state index is 10.1. The van der Waals surface area contributed by atoms with Crippen LogP contribution in [0.4, 0.5) is 0 Å². The molecular formula is C7H7O. The molecule has 0 aliphatic rings. The Morgan fingerprint density at radius 2 is 1.75 bits per heavy atom. The zero-order chi connectivity index (χ0) is 5.82. The average Bonchev–Trinajstić information content (AvgIpc) is 1.90. The van der Waals surface area contributed by atoms with Gasteiger partial charge in [-0.25, -0.2) is 5.11 Å². The van der Waals surface area contributed by atoms with Gasteiger partial charge in [0.2, 0.25) is 0 Å². The van der Waals surface area contributed by atoms with Gasteiger partial charge in [-0.2, -0.15) is 0 Å². The largest absolute Gasteiger partial charge is 0.232 e. The fourth-order valence-corrected chi connectivity index (χ4v) is 0.574. The topological polar surface area (TPSA) is 19.9 Å². The van der Waals surface area contributed by atoms with Crippen LogP contribution < -0.4 is 0 Å². The Morgan fingerprint density at radius 3 is 2.12 bits per heavy atom. The van der Waals surface area contributed by atoms with E-state index in [0.29, 0.717) is 0 Å². The summed E-state index contributed by atoms with van der Waals surface area (Å²) in [7, 11) is 0. The van der Waals surface area contributed by atoms with Crippen molar-refractivity contribution < 1.29 is 5.11 Å². The molecule has 1 radical (unpaired) electrons. The predicted octanol–water partition coefficient (Wildman–Crippen LogP) is 1.62. The quantitative estimate of drug-likeness (QED) is 0.522. The van der Waals surface area contributed by atoms with Crippen LogP contribution in [0.1, 0.15) is 5.56 Å². The first-order valence-corrected chi connectivity index (χ1v) is 2.55. The van der Waals surface area contributed by atoms with Gasteiger partial charge in [-0.15, -0.1) is 0 Å². The molecular weight excluding hydrogens is 102 g/mol. The van der Waals surface area contributed by atoms with Crippen LogP contribution in [0.3, 0.4) is 0 Å². The molecule has 1 heteroatoms. The summed E-state index contributed by atoms with van der Waals surface area (Å²) >= 11 is 0. The third-order valence-electron chi connectivity index (χ3n) is 1.01. The maximum absolute atomic E-state index is 10.1. The van der Waals surface area contributed by atoms with E-state index in [-0.39, 0.29) is 6.61 Å². The fraction of sp³-hybridized carbons (Fsp3) is 0.143. The summed E-state index contributed by atoms with van der Waals surface area (Å²) < 4.78 is 0. The highest BCUT2D eigenvalue weighted by Crippen LogP contribution is 1.95. The molecule has 0 spiro atoms. The van der Waals surface area contributed by atoms with Gasteiger partial charge in [0.05, 0.1) is 0 Å². The Balaban J connectivity index is 2.83. The molecule has 41 valence electrons. The first-order chi connectivity index (χ1) is 3.93. The highest BCUT2D eigenvalue weighted by molar-refractivity contribution is 5.12. The second kappa shape index (κ2) is 2.48. The molecule has 0 aliphatic heterocycles. The van der Waals surface area contributed by atoms with E-state index in [1.165, 1.54) is 0 Å². The van der Waals surface area contributed by atoms with Gasteiger partial charge in [0, 0.05) is 0 Å². The molecule has 0 atom stereocenters. The molecule has 0 saturated carbocycles. The Morgan fingerprint density at radius 1 is 1.12 bits per heavy atom. The van der Waals surface area contributed by atoms with E-state index in [9.17, 15) is 5.11 Å². The third-order valence-corrected chi connectivity index (χ3v) is 1.01. The van der Waals surface area contributed by atoms with Crippen molar-refractivity contribution in [1.82, 2.24) is 0 Å². The molecule has 0 fully saturated rings. The molecule has 0 unspecified atom stereocenters. The van der Waals surface area contributed by atoms with Crippen LogP contribution in [0.25, 0.3) is 0 Å². The molecule has 1 rings (SSSR count). The van der Waals surface area contributed by atoms with Crippen LogP contribution in [0.15, 0.2) is 30.3 Å². The van der Waals surface area contributed by atoms with Crippen molar-refractivity contribution >= 4 is 0 Å². The fourth-order valence-electron chi connectivity index (χ4n) is 0.574. The Labute approximate surface area is 48.6 Å². The van der Waals surface area contributed by atoms with Crippen molar-refractivity contribution in [2.75, 3.05) is 0 Å². The highest BCUT2D eigenvalue weighted by atomic mass is 16.5. The standard InChI is InChI=1S/C7H7O/c8-6-7-4-2-1-3-5-7/h1-5H,6H2/i6+2. The maximum Gasteiger partial charge on any atom is 0.107 e. The summed E-state index contributed by atoms with van der Waals surface area (Å²) in [4.78, 5) is 0. The van der Waals surface area contributed by atoms with Crippen molar-refractivity contribution in [2.24, 2.45) is 0 Å². The van der Waals surface area contributed by atoms with Crippen LogP contribution in [0.5, 0.6) is 0 Å². The van der Waals surface area contributed by atoms with Crippen LogP contribution in [-0.4, -0.2) is 0 Å². The molecule has 0 saturated heterocycles. The van der Waals surface area contributed by atoms with Gasteiger partial charge in [-0.1, -0.05) is 30.3 Å². The van der Waals surface area contributed by atoms with Crippen molar-refractivity contribution in [3.63, 3.8) is 0 Å². The lowest BCUT2D eigenvalue weighted by molar-refractivity contribution is 0.177. The van der Waals surface area contributed by atoms with Gasteiger partial charge in [0.25, 0.3) is 0 Å². The van der Waals surface area contributed by atoms with E-state index in [0.717, 1.165) is 5.56 Å². The van der Waals surface area contributed by atoms with E-state index in [1.807, 2.05) is 30.3 Å². The van der Waals surface area contributed by atoms with Crippen LogP contribution in [0, 0.1) is 0 Å².